The van der Waals surface area contributed by atoms with Gasteiger partial charge in [-0.2, -0.15) is 0 Å². The van der Waals surface area contributed by atoms with Crippen molar-refractivity contribution in [3.8, 4) is 0 Å². The molecule has 2 rings (SSSR count). The second-order valence-corrected chi connectivity index (χ2v) is 1.86. The number of H-pyrrole nitrogens is 2. The first kappa shape index (κ1) is 4.21. The molecule has 50 valence electrons. The molecule has 2 heterocycles. The van der Waals surface area contributed by atoms with Crippen LogP contribution in [-0.4, -0.2) is 15.0 Å². The minimum atomic E-state index is 0.0796. The van der Waals surface area contributed by atoms with Crippen LogP contribution in [0.3, 0.4) is 0 Å². The highest BCUT2D eigenvalue weighted by atomic mass is 15.0. The topological polar surface area (TPSA) is 81.7 Å². The van der Waals surface area contributed by atoms with E-state index in [-0.39, 0.29) is 6.30 Å². The first-order valence-electron chi connectivity index (χ1n) is 3.26. The molecule has 0 aliphatic carbocycles. The number of anilines is 1. The maximum absolute atomic E-state index is 7.15. The summed E-state index contributed by atoms with van der Waals surface area (Å²) in [6.45, 7) is 0. The molecule has 0 aromatic carbocycles. The van der Waals surface area contributed by atoms with Crippen LogP contribution in [0.4, 0.5) is 5.82 Å². The molecule has 5 heteroatoms. The van der Waals surface area contributed by atoms with E-state index in [1.165, 1.54) is 6.33 Å². The quantitative estimate of drug-likeness (QED) is 0.506. The molecule has 10 heavy (non-hydrogen) atoms. The smallest absolute Gasteiger partial charge is 0.256 e. The summed E-state index contributed by atoms with van der Waals surface area (Å²) < 4.78 is 7.15. The van der Waals surface area contributed by atoms with Crippen LogP contribution < -0.4 is 10.7 Å². The van der Waals surface area contributed by atoms with Crippen LogP contribution in [0.25, 0.3) is 11.2 Å². The van der Waals surface area contributed by atoms with Crippen LogP contribution in [0.2, 0.25) is 0 Å². The van der Waals surface area contributed by atoms with Gasteiger partial charge in [0.15, 0.2) is 11.8 Å². The molecule has 5 nitrogen and oxygen atoms in total. The number of aromatic amines is 2. The molecular weight excluding hydrogens is 130 g/mol. The monoisotopic (exact) mass is 137 g/mol. The lowest BCUT2D eigenvalue weighted by atomic mass is 10.5. The number of hydrogen-bond acceptors (Lipinski definition) is 3. The molecule has 0 atom stereocenters. The van der Waals surface area contributed by atoms with Gasteiger partial charge in [0, 0.05) is 0 Å². The van der Waals surface area contributed by atoms with Gasteiger partial charge >= 0.3 is 0 Å². The van der Waals surface area contributed by atoms with Crippen LogP contribution >= 0.6 is 0 Å². The molecule has 0 aliphatic rings. The largest absolute Gasteiger partial charge is 0.368 e. The van der Waals surface area contributed by atoms with Crippen LogP contribution in [0.5, 0.6) is 0 Å². The first-order chi connectivity index (χ1) is 5.27. The summed E-state index contributed by atoms with van der Waals surface area (Å²) in [5, 5.41) is 0. The lowest BCUT2D eigenvalue weighted by Gasteiger charge is -1.82. The Hall–Kier alpha value is -1.65. The Labute approximate surface area is 57.7 Å². The summed E-state index contributed by atoms with van der Waals surface area (Å²) in [6.07, 6.45) is 1.53. The van der Waals surface area contributed by atoms with Crippen molar-refractivity contribution in [2.75, 3.05) is 5.73 Å². The van der Waals surface area contributed by atoms with E-state index in [1.807, 2.05) is 0 Å². The molecule has 2 aromatic heterocycles. The molecule has 0 amide bonds. The number of nitrogens with zero attached hydrogens (tertiary/aromatic N) is 2. The Bertz CT molecular complexity index is 395. The van der Waals surface area contributed by atoms with E-state index in [0.717, 1.165) is 0 Å². The van der Waals surface area contributed by atoms with Gasteiger partial charge in [-0.25, -0.2) is 9.97 Å². The van der Waals surface area contributed by atoms with E-state index >= 15 is 0 Å². The highest BCUT2D eigenvalue weighted by Crippen LogP contribution is 2.06. The van der Waals surface area contributed by atoms with Gasteiger partial charge in [-0.15, -0.1) is 0 Å². The SMILES string of the molecule is [2H]c1nc2c(N)nc[nH+]c2[nH]1. The molecule has 4 N–H and O–H groups in total. The molecule has 0 bridgehead atoms. The van der Waals surface area contributed by atoms with E-state index in [0.29, 0.717) is 17.0 Å². The van der Waals surface area contributed by atoms with Gasteiger partial charge in [0.1, 0.15) is 1.37 Å². The predicted molar refractivity (Wildman–Crippen MR) is 34.9 cm³/mol. The number of nitrogens with two attached hydrogens (primary N) is 1. The summed E-state index contributed by atoms with van der Waals surface area (Å²) in [6, 6.07) is 0. The van der Waals surface area contributed by atoms with Crippen LogP contribution in [0, 0.1) is 0 Å². The fourth-order valence-corrected chi connectivity index (χ4v) is 0.772. The molecular formula is C5H6N5+. The third-order valence-corrected chi connectivity index (χ3v) is 1.24. The second-order valence-electron chi connectivity index (χ2n) is 1.86. The van der Waals surface area contributed by atoms with Crippen molar-refractivity contribution >= 4 is 17.0 Å². The molecule has 0 aliphatic heterocycles. The van der Waals surface area contributed by atoms with E-state index in [1.54, 1.807) is 0 Å². The molecule has 0 spiro atoms. The van der Waals surface area contributed by atoms with Gasteiger partial charge in [0.25, 0.3) is 5.65 Å². The Morgan fingerprint density at radius 1 is 1.70 bits per heavy atom. The number of imidazole rings is 1. The van der Waals surface area contributed by atoms with Gasteiger partial charge in [-0.05, 0) is 0 Å². The average molecular weight is 137 g/mol. The summed E-state index contributed by atoms with van der Waals surface area (Å²) in [5.74, 6) is 0.327. The maximum atomic E-state index is 7.15. The van der Waals surface area contributed by atoms with E-state index < -0.39 is 0 Å². The Kier molecular flexibility index (Phi) is 0.700. The Morgan fingerprint density at radius 2 is 2.60 bits per heavy atom. The van der Waals surface area contributed by atoms with Crippen molar-refractivity contribution in [1.82, 2.24) is 15.0 Å². The number of rotatable bonds is 0. The van der Waals surface area contributed by atoms with Crippen LogP contribution in [0.1, 0.15) is 1.37 Å². The fraction of sp³-hybridized carbons (Fsp3) is 0. The highest BCUT2D eigenvalue weighted by Gasteiger charge is 2.05. The zero-order chi connectivity index (χ0) is 7.84. The van der Waals surface area contributed by atoms with Crippen molar-refractivity contribution in [2.24, 2.45) is 0 Å². The summed E-state index contributed by atoms with van der Waals surface area (Å²) in [4.78, 5) is 13.0. The predicted octanol–water partition coefficient (Wildman–Crippen LogP) is -0.646. The Morgan fingerprint density at radius 3 is 3.40 bits per heavy atom. The van der Waals surface area contributed by atoms with Crippen LogP contribution in [0.15, 0.2) is 12.6 Å². The summed E-state index contributed by atoms with van der Waals surface area (Å²) >= 11 is 0. The number of nitrogens with one attached hydrogen (secondary N) is 2. The van der Waals surface area contributed by atoms with E-state index in [4.69, 9.17) is 7.10 Å². The molecule has 0 saturated heterocycles. The zero-order valence-electron chi connectivity index (χ0n) is 6.05. The Balaban J connectivity index is 2.90. The number of hydrogen-bond donors (Lipinski definition) is 2. The number of nitrogen functional groups attached to an aromatic ring is 1. The maximum Gasteiger partial charge on any atom is 0.256 e. The van der Waals surface area contributed by atoms with Crippen molar-refractivity contribution in [3.05, 3.63) is 12.6 Å². The van der Waals surface area contributed by atoms with Gasteiger partial charge in [-0.3, -0.25) is 4.98 Å². The van der Waals surface area contributed by atoms with Gasteiger partial charge in [-0.1, -0.05) is 4.98 Å². The van der Waals surface area contributed by atoms with Gasteiger partial charge in [0.05, 0.1) is 0 Å². The molecule has 0 unspecified atom stereocenters. The average Bonchev–Trinajstić information content (AvgIpc) is 2.31. The van der Waals surface area contributed by atoms with Crippen molar-refractivity contribution in [1.29, 1.82) is 0 Å². The third kappa shape index (κ3) is 0.540. The minimum Gasteiger partial charge on any atom is -0.368 e. The third-order valence-electron chi connectivity index (χ3n) is 1.24. The minimum absolute atomic E-state index is 0.0796. The molecule has 0 radical (unpaired) electrons. The lowest BCUT2D eigenvalue weighted by Crippen LogP contribution is -2.06. The summed E-state index contributed by atoms with van der Waals surface area (Å²) in [5.41, 5.74) is 6.61. The normalized spacial score (nSPS) is 11.8. The molecule has 0 fully saturated rings. The van der Waals surface area contributed by atoms with E-state index in [9.17, 15) is 0 Å². The van der Waals surface area contributed by atoms with E-state index in [2.05, 4.69) is 19.9 Å². The molecule has 0 saturated carbocycles. The number of aromatic nitrogens is 4. The van der Waals surface area contributed by atoms with Gasteiger partial charge in [0.2, 0.25) is 12.1 Å². The van der Waals surface area contributed by atoms with Crippen LogP contribution in [-0.2, 0) is 0 Å². The number of fused-ring (bicyclic) bond motifs is 1. The molecule has 2 aromatic rings. The van der Waals surface area contributed by atoms with Crippen molar-refractivity contribution < 1.29 is 6.35 Å². The first-order valence-corrected chi connectivity index (χ1v) is 2.76. The van der Waals surface area contributed by atoms with Gasteiger partial charge < -0.3 is 5.73 Å². The van der Waals surface area contributed by atoms with Crippen molar-refractivity contribution in [3.63, 3.8) is 0 Å². The lowest BCUT2D eigenvalue weighted by molar-refractivity contribution is -0.352. The highest BCUT2D eigenvalue weighted by molar-refractivity contribution is 5.77. The van der Waals surface area contributed by atoms with Crippen molar-refractivity contribution in [2.45, 2.75) is 0 Å². The summed E-state index contributed by atoms with van der Waals surface area (Å²) in [7, 11) is 0. The zero-order valence-corrected chi connectivity index (χ0v) is 5.05. The fourth-order valence-electron chi connectivity index (χ4n) is 0.772. The standard InChI is InChI=1S/C5H5N5/c6-4-3-5(9-1-7-3)10-2-8-4/h1-2H,(H3,6,7,8,9,10)/p+1/i1D. The second kappa shape index (κ2) is 1.66.